The molecule has 0 saturated heterocycles. The number of carbonyl (C=O) groups excluding carboxylic acids is 2. The van der Waals surface area contributed by atoms with Crippen molar-refractivity contribution in [2.75, 3.05) is 5.32 Å². The minimum Gasteiger partial charge on any atom is -0.450 e. The van der Waals surface area contributed by atoms with Gasteiger partial charge in [0.2, 0.25) is 0 Å². The molecule has 2 rings (SSSR count). The summed E-state index contributed by atoms with van der Waals surface area (Å²) in [6.45, 7) is 1.48. The van der Waals surface area contributed by atoms with Crippen molar-refractivity contribution < 1.29 is 18.7 Å². The number of hydrogen-bond donors (Lipinski definition) is 1. The van der Waals surface area contributed by atoms with E-state index in [1.807, 2.05) is 0 Å². The first-order valence-electron chi connectivity index (χ1n) is 6.64. The van der Waals surface area contributed by atoms with E-state index in [1.165, 1.54) is 19.1 Å². The largest absolute Gasteiger partial charge is 0.450 e. The Morgan fingerprint density at radius 1 is 1.35 bits per heavy atom. The fourth-order valence-electron chi connectivity index (χ4n) is 1.65. The van der Waals surface area contributed by atoms with E-state index in [9.17, 15) is 9.59 Å². The van der Waals surface area contributed by atoms with Gasteiger partial charge in [0, 0.05) is 16.8 Å². The maximum Gasteiger partial charge on any atom is 0.331 e. The maximum absolute atomic E-state index is 12.0. The van der Waals surface area contributed by atoms with E-state index in [0.29, 0.717) is 21.1 Å². The summed E-state index contributed by atoms with van der Waals surface area (Å²) in [5.74, 6) is -0.606. The van der Waals surface area contributed by atoms with E-state index >= 15 is 0 Å². The second kappa shape index (κ2) is 7.99. The van der Waals surface area contributed by atoms with Crippen LogP contribution in [0.4, 0.5) is 5.69 Å². The number of nitrogens with one attached hydrogen (secondary N) is 1. The molecular weight excluding hydrogens is 386 g/mol. The highest BCUT2D eigenvalue weighted by molar-refractivity contribution is 9.10. The number of rotatable bonds is 5. The van der Waals surface area contributed by atoms with Gasteiger partial charge in [0.05, 0.1) is 0 Å². The van der Waals surface area contributed by atoms with Crippen LogP contribution in [-0.2, 0) is 14.3 Å². The Balaban J connectivity index is 1.87. The van der Waals surface area contributed by atoms with E-state index < -0.39 is 18.0 Å². The van der Waals surface area contributed by atoms with Gasteiger partial charge in [-0.3, -0.25) is 4.79 Å². The van der Waals surface area contributed by atoms with Gasteiger partial charge in [-0.2, -0.15) is 0 Å². The van der Waals surface area contributed by atoms with Crippen molar-refractivity contribution in [3.63, 3.8) is 0 Å². The second-order valence-corrected chi connectivity index (χ2v) is 5.77. The number of ether oxygens (including phenoxy) is 1. The molecule has 0 fully saturated rings. The summed E-state index contributed by atoms with van der Waals surface area (Å²) in [6.07, 6.45) is 1.69. The molecule has 7 heteroatoms. The fraction of sp³-hybridized carbons (Fsp3) is 0.125. The zero-order valence-electron chi connectivity index (χ0n) is 12.1. The lowest BCUT2D eigenvalue weighted by atomic mass is 10.3. The van der Waals surface area contributed by atoms with Crippen molar-refractivity contribution >= 4 is 51.2 Å². The van der Waals surface area contributed by atoms with Gasteiger partial charge in [0.25, 0.3) is 5.91 Å². The van der Waals surface area contributed by atoms with Crippen LogP contribution < -0.4 is 5.32 Å². The average Bonchev–Trinajstić information content (AvgIpc) is 2.90. The highest BCUT2D eigenvalue weighted by Crippen LogP contribution is 2.16. The molecule has 2 aromatic rings. The summed E-state index contributed by atoms with van der Waals surface area (Å²) in [5, 5.41) is 3.12. The van der Waals surface area contributed by atoms with Gasteiger partial charge in [-0.25, -0.2) is 4.79 Å². The molecule has 1 heterocycles. The summed E-state index contributed by atoms with van der Waals surface area (Å²) >= 11 is 8.99. The van der Waals surface area contributed by atoms with Gasteiger partial charge in [-0.1, -0.05) is 17.7 Å². The van der Waals surface area contributed by atoms with Crippen molar-refractivity contribution in [3.8, 4) is 0 Å². The number of esters is 1. The molecule has 1 aromatic heterocycles. The predicted molar refractivity (Wildman–Crippen MR) is 91.1 cm³/mol. The van der Waals surface area contributed by atoms with E-state index in [-0.39, 0.29) is 0 Å². The van der Waals surface area contributed by atoms with Gasteiger partial charge in [-0.15, -0.1) is 0 Å². The second-order valence-electron chi connectivity index (χ2n) is 4.55. The highest BCUT2D eigenvalue weighted by Gasteiger charge is 2.16. The Morgan fingerprint density at radius 3 is 2.78 bits per heavy atom. The lowest BCUT2D eigenvalue weighted by molar-refractivity contribution is -0.148. The Labute approximate surface area is 146 Å². The van der Waals surface area contributed by atoms with Crippen molar-refractivity contribution in [2.45, 2.75) is 13.0 Å². The van der Waals surface area contributed by atoms with Crippen LogP contribution in [0.15, 0.2) is 51.6 Å². The normalized spacial score (nSPS) is 12.1. The molecule has 0 saturated carbocycles. The van der Waals surface area contributed by atoms with Crippen LogP contribution in [0.3, 0.4) is 0 Å². The van der Waals surface area contributed by atoms with Gasteiger partial charge in [-0.05, 0) is 59.3 Å². The zero-order chi connectivity index (χ0) is 16.8. The zero-order valence-corrected chi connectivity index (χ0v) is 14.4. The van der Waals surface area contributed by atoms with Crippen LogP contribution in [-0.4, -0.2) is 18.0 Å². The fourth-order valence-corrected chi connectivity index (χ4v) is 2.15. The third kappa shape index (κ3) is 5.58. The first kappa shape index (κ1) is 17.3. The third-order valence-electron chi connectivity index (χ3n) is 2.73. The highest BCUT2D eigenvalue weighted by atomic mass is 79.9. The van der Waals surface area contributed by atoms with E-state index in [2.05, 4.69) is 21.2 Å². The number of anilines is 1. The van der Waals surface area contributed by atoms with Crippen molar-refractivity contribution in [1.29, 1.82) is 0 Å². The molecule has 0 aliphatic heterocycles. The topological polar surface area (TPSA) is 68.5 Å². The van der Waals surface area contributed by atoms with Crippen LogP contribution in [0.5, 0.6) is 0 Å². The minimum absolute atomic E-state index is 0.449. The lowest BCUT2D eigenvalue weighted by Crippen LogP contribution is -2.29. The minimum atomic E-state index is -0.950. The molecule has 1 N–H and O–H groups in total. The number of amides is 1. The smallest absolute Gasteiger partial charge is 0.331 e. The summed E-state index contributed by atoms with van der Waals surface area (Å²) in [4.78, 5) is 23.6. The molecule has 1 unspecified atom stereocenters. The number of furan rings is 1. The molecule has 1 aromatic carbocycles. The molecule has 23 heavy (non-hydrogen) atoms. The predicted octanol–water partition coefficient (Wildman–Crippen LogP) is 4.28. The number of benzene rings is 1. The molecular formula is C16H13BrClNO4. The van der Waals surface area contributed by atoms with Crippen molar-refractivity contribution in [2.24, 2.45) is 0 Å². The molecule has 120 valence electrons. The average molecular weight is 399 g/mol. The van der Waals surface area contributed by atoms with E-state index in [0.717, 1.165) is 0 Å². The van der Waals surface area contributed by atoms with Gasteiger partial charge in [0.1, 0.15) is 5.76 Å². The van der Waals surface area contributed by atoms with Crippen LogP contribution in [0.1, 0.15) is 12.7 Å². The first-order valence-corrected chi connectivity index (χ1v) is 7.81. The molecule has 1 atom stereocenters. The van der Waals surface area contributed by atoms with Gasteiger partial charge < -0.3 is 14.5 Å². The summed E-state index contributed by atoms with van der Waals surface area (Å²) in [7, 11) is 0. The molecule has 0 aliphatic carbocycles. The first-order chi connectivity index (χ1) is 10.9. The Kier molecular flexibility index (Phi) is 6.01. The van der Waals surface area contributed by atoms with E-state index in [1.54, 1.807) is 36.4 Å². The molecule has 0 spiro atoms. The molecule has 0 bridgehead atoms. The SMILES string of the molecule is CC(OC(=O)/C=C/c1ccc(Br)o1)C(=O)Nc1cccc(Cl)c1. The quantitative estimate of drug-likeness (QED) is 0.603. The third-order valence-corrected chi connectivity index (χ3v) is 3.39. The molecule has 5 nitrogen and oxygen atoms in total. The van der Waals surface area contributed by atoms with E-state index in [4.69, 9.17) is 20.8 Å². The monoisotopic (exact) mass is 397 g/mol. The summed E-state index contributed by atoms with van der Waals surface area (Å²) in [5.41, 5.74) is 0.529. The number of carbonyl (C=O) groups is 2. The Hall–Kier alpha value is -2.05. The van der Waals surface area contributed by atoms with Crippen LogP contribution in [0.25, 0.3) is 6.08 Å². The number of hydrogen-bond acceptors (Lipinski definition) is 4. The number of halogens is 2. The van der Waals surface area contributed by atoms with Crippen molar-refractivity contribution in [3.05, 3.63) is 57.9 Å². The van der Waals surface area contributed by atoms with Crippen molar-refractivity contribution in [1.82, 2.24) is 0 Å². The van der Waals surface area contributed by atoms with Gasteiger partial charge >= 0.3 is 5.97 Å². The summed E-state index contributed by atoms with van der Waals surface area (Å²) < 4.78 is 10.8. The van der Waals surface area contributed by atoms with Crippen LogP contribution in [0, 0.1) is 0 Å². The standard InChI is InChI=1S/C16H13BrClNO4/c1-10(16(21)19-12-4-2-3-11(18)9-12)22-15(20)8-6-13-5-7-14(17)23-13/h2-10H,1H3,(H,19,21)/b8-6+. The Morgan fingerprint density at radius 2 is 2.13 bits per heavy atom. The molecule has 1 amide bonds. The maximum atomic E-state index is 12.0. The molecule has 0 radical (unpaired) electrons. The summed E-state index contributed by atoms with van der Waals surface area (Å²) in [6, 6.07) is 10.1. The lowest BCUT2D eigenvalue weighted by Gasteiger charge is -2.12. The van der Waals surface area contributed by atoms with Crippen LogP contribution in [0.2, 0.25) is 5.02 Å². The van der Waals surface area contributed by atoms with Gasteiger partial charge in [0.15, 0.2) is 10.8 Å². The van der Waals surface area contributed by atoms with Crippen LogP contribution >= 0.6 is 27.5 Å². The Bertz CT molecular complexity index is 741. The molecule has 0 aliphatic rings.